The molecule has 2 amide bonds. The summed E-state index contributed by atoms with van der Waals surface area (Å²) < 4.78 is 2.12. The monoisotopic (exact) mass is 526 g/mol. The van der Waals surface area contributed by atoms with Gasteiger partial charge in [0.2, 0.25) is 0 Å². The summed E-state index contributed by atoms with van der Waals surface area (Å²) in [6, 6.07) is 15.8. The molecule has 1 aliphatic carbocycles. The molecule has 38 heavy (non-hydrogen) atoms. The van der Waals surface area contributed by atoms with Gasteiger partial charge in [0.25, 0.3) is 11.8 Å². The van der Waals surface area contributed by atoms with Gasteiger partial charge in [-0.2, -0.15) is 5.10 Å². The van der Waals surface area contributed by atoms with Crippen LogP contribution in [0.3, 0.4) is 0 Å². The lowest BCUT2D eigenvalue weighted by molar-refractivity contribution is 0.0954. The summed E-state index contributed by atoms with van der Waals surface area (Å²) in [7, 11) is 0. The zero-order valence-corrected chi connectivity index (χ0v) is 22.5. The second-order valence-corrected chi connectivity index (χ2v) is 10.7. The zero-order chi connectivity index (χ0) is 26.8. The predicted octanol–water partition coefficient (Wildman–Crippen LogP) is 6.06. The van der Waals surface area contributed by atoms with E-state index in [1.165, 1.54) is 29.1 Å². The van der Waals surface area contributed by atoms with Crippen LogP contribution in [0, 0.1) is 20.8 Å². The number of carbonyl (C=O) groups is 2. The van der Waals surface area contributed by atoms with E-state index in [4.69, 9.17) is 0 Å². The Bertz CT molecular complexity index is 1530. The van der Waals surface area contributed by atoms with Gasteiger partial charge in [0.05, 0.1) is 11.8 Å². The summed E-state index contributed by atoms with van der Waals surface area (Å²) in [6.45, 7) is 6.03. The summed E-state index contributed by atoms with van der Waals surface area (Å²) in [5, 5.41) is 17.6. The lowest BCUT2D eigenvalue weighted by Crippen LogP contribution is -2.17. The third-order valence-corrected chi connectivity index (χ3v) is 8.14. The van der Waals surface area contributed by atoms with Crippen molar-refractivity contribution in [2.24, 2.45) is 5.10 Å². The molecule has 0 aliphatic heterocycles. The Kier molecular flexibility index (Phi) is 7.15. The first-order valence-electron chi connectivity index (χ1n) is 12.7. The van der Waals surface area contributed by atoms with Crippen molar-refractivity contribution in [3.05, 3.63) is 98.7 Å². The van der Waals surface area contributed by atoms with Crippen LogP contribution in [0.4, 0.5) is 5.69 Å². The van der Waals surface area contributed by atoms with E-state index in [-0.39, 0.29) is 17.6 Å². The molecule has 5 rings (SSSR count). The number of hydrogen-bond acceptors (Lipinski definition) is 5. The van der Waals surface area contributed by atoms with Gasteiger partial charge in [-0.1, -0.05) is 17.7 Å². The second-order valence-electron chi connectivity index (χ2n) is 9.62. The number of amides is 2. The quantitative estimate of drug-likeness (QED) is 0.210. The van der Waals surface area contributed by atoms with E-state index in [2.05, 4.69) is 20.4 Å². The van der Waals surface area contributed by atoms with Crippen molar-refractivity contribution >= 4 is 35.1 Å². The molecule has 194 valence electrons. The summed E-state index contributed by atoms with van der Waals surface area (Å²) in [4.78, 5) is 27.3. The number of thiophene rings is 1. The van der Waals surface area contributed by atoms with Crippen LogP contribution < -0.4 is 10.7 Å². The lowest BCUT2D eigenvalue weighted by Gasteiger charge is -2.14. The Balaban J connectivity index is 1.45. The maximum absolute atomic E-state index is 13.7. The van der Waals surface area contributed by atoms with Crippen LogP contribution in [0.5, 0.6) is 5.75 Å². The molecule has 0 spiro atoms. The fourth-order valence-electron chi connectivity index (χ4n) is 4.84. The molecule has 2 aromatic carbocycles. The Morgan fingerprint density at radius 2 is 1.68 bits per heavy atom. The van der Waals surface area contributed by atoms with Crippen LogP contribution in [0.15, 0.2) is 59.7 Å². The largest absolute Gasteiger partial charge is 0.508 e. The van der Waals surface area contributed by atoms with Crippen molar-refractivity contribution in [1.82, 2.24) is 9.99 Å². The molecule has 7 nitrogen and oxygen atoms in total. The molecule has 0 bridgehead atoms. The number of aromatic nitrogens is 1. The zero-order valence-electron chi connectivity index (χ0n) is 21.7. The third-order valence-electron chi connectivity index (χ3n) is 6.86. The van der Waals surface area contributed by atoms with E-state index < -0.39 is 0 Å². The number of aromatic hydroxyl groups is 1. The highest BCUT2D eigenvalue weighted by Gasteiger charge is 2.28. The molecular weight excluding hydrogens is 496 g/mol. The number of fused-ring (bicyclic) bond motifs is 1. The number of nitrogens with zero attached hydrogens (tertiary/aromatic N) is 2. The number of hydrogen-bond donors (Lipinski definition) is 3. The first-order chi connectivity index (χ1) is 18.3. The highest BCUT2D eigenvalue weighted by atomic mass is 32.1. The molecule has 0 atom stereocenters. The van der Waals surface area contributed by atoms with Crippen LogP contribution in [0.25, 0.3) is 5.00 Å². The third kappa shape index (κ3) is 5.13. The first kappa shape index (κ1) is 25.5. The van der Waals surface area contributed by atoms with Gasteiger partial charge in [0, 0.05) is 33.1 Å². The molecule has 0 fully saturated rings. The molecule has 2 heterocycles. The van der Waals surface area contributed by atoms with Crippen LogP contribution in [0.1, 0.15) is 66.5 Å². The Morgan fingerprint density at radius 3 is 2.42 bits per heavy atom. The maximum atomic E-state index is 13.7. The van der Waals surface area contributed by atoms with Crippen molar-refractivity contribution in [3.8, 4) is 10.8 Å². The van der Waals surface area contributed by atoms with Gasteiger partial charge in [-0.05, 0) is 94.5 Å². The highest BCUT2D eigenvalue weighted by Crippen LogP contribution is 2.39. The molecule has 0 saturated heterocycles. The van der Waals surface area contributed by atoms with Crippen molar-refractivity contribution in [2.45, 2.75) is 46.5 Å². The van der Waals surface area contributed by atoms with Crippen LogP contribution in [-0.4, -0.2) is 27.7 Å². The summed E-state index contributed by atoms with van der Waals surface area (Å²) in [5.74, 6) is -0.358. The molecule has 1 aliphatic rings. The molecule has 4 aromatic rings. The van der Waals surface area contributed by atoms with Crippen LogP contribution in [0.2, 0.25) is 0 Å². The minimum Gasteiger partial charge on any atom is -0.508 e. The van der Waals surface area contributed by atoms with Gasteiger partial charge in [-0.3, -0.25) is 9.59 Å². The van der Waals surface area contributed by atoms with E-state index in [1.807, 2.05) is 51.1 Å². The number of phenolic OH excluding ortho intramolecular Hbond substituents is 1. The van der Waals surface area contributed by atoms with Crippen LogP contribution >= 0.6 is 11.3 Å². The molecular formula is C30H30N4O3S. The van der Waals surface area contributed by atoms with Gasteiger partial charge in [-0.15, -0.1) is 11.3 Å². The predicted molar refractivity (Wildman–Crippen MR) is 152 cm³/mol. The Labute approximate surface area is 225 Å². The fourth-order valence-corrected chi connectivity index (χ4v) is 6.34. The van der Waals surface area contributed by atoms with E-state index >= 15 is 0 Å². The number of anilines is 1. The summed E-state index contributed by atoms with van der Waals surface area (Å²) in [6.07, 6.45) is 5.72. The molecule has 2 aromatic heterocycles. The van der Waals surface area contributed by atoms with E-state index in [1.54, 1.807) is 17.6 Å². The maximum Gasteiger partial charge on any atom is 0.271 e. The van der Waals surface area contributed by atoms with Crippen molar-refractivity contribution < 1.29 is 14.7 Å². The van der Waals surface area contributed by atoms with E-state index in [0.717, 1.165) is 70.0 Å². The Morgan fingerprint density at radius 1 is 0.974 bits per heavy atom. The number of nitrogens with one attached hydrogen (secondary N) is 2. The minimum atomic E-state index is -0.365. The van der Waals surface area contributed by atoms with E-state index in [9.17, 15) is 14.7 Å². The number of benzene rings is 2. The highest BCUT2D eigenvalue weighted by molar-refractivity contribution is 7.15. The number of hydrazone groups is 1. The van der Waals surface area contributed by atoms with Gasteiger partial charge < -0.3 is 15.0 Å². The van der Waals surface area contributed by atoms with Crippen LogP contribution in [-0.2, 0) is 12.8 Å². The Hall–Kier alpha value is -4.17. The number of carbonyl (C=O) groups excluding carboxylic acids is 2. The number of aryl methyl sites for hydroxylation is 3. The number of phenols is 1. The molecule has 8 heteroatoms. The van der Waals surface area contributed by atoms with Crippen molar-refractivity contribution in [2.75, 3.05) is 5.32 Å². The fraction of sp³-hybridized carbons (Fsp3) is 0.233. The molecule has 0 unspecified atom stereocenters. The van der Waals surface area contributed by atoms with Gasteiger partial charge >= 0.3 is 0 Å². The smallest absolute Gasteiger partial charge is 0.271 e. The number of rotatable bonds is 6. The normalized spacial score (nSPS) is 12.9. The van der Waals surface area contributed by atoms with Gasteiger partial charge in [0.1, 0.15) is 10.8 Å². The van der Waals surface area contributed by atoms with Gasteiger partial charge in [0.15, 0.2) is 0 Å². The SMILES string of the molecule is Cc1ccc(NC(=O)c2c(-n3c(C)cc(/C=N\NC(=O)c4ccc(O)cc4)c3C)sc3c2CCCC3)cc1. The second kappa shape index (κ2) is 10.7. The van der Waals surface area contributed by atoms with Gasteiger partial charge in [-0.25, -0.2) is 5.43 Å². The lowest BCUT2D eigenvalue weighted by atomic mass is 9.95. The molecule has 3 N–H and O–H groups in total. The topological polar surface area (TPSA) is 95.7 Å². The molecule has 0 saturated carbocycles. The van der Waals surface area contributed by atoms with Crippen molar-refractivity contribution in [3.63, 3.8) is 0 Å². The molecule has 0 radical (unpaired) electrons. The average Bonchev–Trinajstić information content (AvgIpc) is 3.41. The van der Waals surface area contributed by atoms with E-state index in [0.29, 0.717) is 5.56 Å². The standard InChI is InChI=1S/C30H30N4O3S/c1-18-8-12-23(13-9-18)32-29(37)27-25-6-4-5-7-26(25)38-30(27)34-19(2)16-22(20(34)3)17-31-33-28(36)21-10-14-24(35)15-11-21/h8-17,35H,4-7H2,1-3H3,(H,32,37)(H,33,36)/b31-17-. The summed E-state index contributed by atoms with van der Waals surface area (Å²) >= 11 is 1.69. The van der Waals surface area contributed by atoms with Crippen molar-refractivity contribution in [1.29, 1.82) is 0 Å². The summed E-state index contributed by atoms with van der Waals surface area (Å²) in [5.41, 5.74) is 9.54. The average molecular weight is 527 g/mol. The first-order valence-corrected chi connectivity index (χ1v) is 13.5. The minimum absolute atomic E-state index is 0.0906.